The first kappa shape index (κ1) is 23.3. The predicted molar refractivity (Wildman–Crippen MR) is 134 cm³/mol. The number of carbonyl (C=O) groups is 2. The highest BCUT2D eigenvalue weighted by molar-refractivity contribution is 6.12. The van der Waals surface area contributed by atoms with E-state index in [4.69, 9.17) is 4.74 Å². The zero-order valence-corrected chi connectivity index (χ0v) is 19.9. The zero-order chi connectivity index (χ0) is 25.3. The van der Waals surface area contributed by atoms with Crippen molar-refractivity contribution in [1.29, 1.82) is 0 Å². The lowest BCUT2D eigenvalue weighted by Gasteiger charge is -2.43. The van der Waals surface area contributed by atoms with E-state index >= 15 is 0 Å². The molecule has 3 aromatic carbocycles. The predicted octanol–water partition coefficient (Wildman–Crippen LogP) is 4.43. The monoisotopic (exact) mass is 484 g/mol. The number of carbonyl (C=O) groups excluding carboxylic acids is 2. The van der Waals surface area contributed by atoms with Crippen molar-refractivity contribution in [2.24, 2.45) is 0 Å². The Balaban J connectivity index is 1.55. The van der Waals surface area contributed by atoms with Crippen molar-refractivity contribution >= 4 is 17.5 Å². The van der Waals surface area contributed by atoms with E-state index in [0.717, 1.165) is 11.1 Å². The first-order valence-electron chi connectivity index (χ1n) is 11.5. The molecule has 1 aliphatic heterocycles. The van der Waals surface area contributed by atoms with E-state index in [-0.39, 0.29) is 24.5 Å². The number of amides is 2. The van der Waals surface area contributed by atoms with Gasteiger partial charge in [0.15, 0.2) is 0 Å². The molecule has 0 aliphatic carbocycles. The van der Waals surface area contributed by atoms with Gasteiger partial charge in [-0.15, -0.1) is 0 Å². The normalized spacial score (nSPS) is 17.0. The molecular weight excluding hydrogens is 459 g/mol. The maximum Gasteiger partial charge on any atom is 0.277 e. The van der Waals surface area contributed by atoms with Gasteiger partial charge in [-0.2, -0.15) is 5.10 Å². The second kappa shape index (κ2) is 9.30. The number of benzene rings is 3. The van der Waals surface area contributed by atoms with Crippen LogP contribution in [0.15, 0.2) is 84.9 Å². The Bertz CT molecular complexity index is 1440. The number of anilines is 1. The molecule has 2 amide bonds. The summed E-state index contributed by atoms with van der Waals surface area (Å²) in [4.78, 5) is 28.8. The van der Waals surface area contributed by atoms with Crippen molar-refractivity contribution in [3.8, 4) is 17.0 Å². The molecule has 2 heterocycles. The Hall–Kier alpha value is -4.46. The highest BCUT2D eigenvalue weighted by Crippen LogP contribution is 2.35. The Kier molecular flexibility index (Phi) is 6.01. The average Bonchev–Trinajstić information content (AvgIpc) is 3.33. The second-order valence-corrected chi connectivity index (χ2v) is 8.80. The number of nitrogens with zero attached hydrogens (tertiary/aromatic N) is 3. The van der Waals surface area contributed by atoms with Crippen LogP contribution >= 0.6 is 0 Å². The van der Waals surface area contributed by atoms with E-state index in [9.17, 15) is 14.0 Å². The SMILES string of the molecule is COc1ccccc1CNC(=O)C1(C)Cn2nc(-c3ccccc3)cc2C(=O)N1c1ccccc1F. The Labute approximate surface area is 208 Å². The molecule has 36 heavy (non-hydrogen) atoms. The molecule has 0 bridgehead atoms. The number of aromatic nitrogens is 2. The first-order valence-corrected chi connectivity index (χ1v) is 11.5. The van der Waals surface area contributed by atoms with Gasteiger partial charge in [0.1, 0.15) is 22.8 Å². The van der Waals surface area contributed by atoms with Crippen molar-refractivity contribution in [1.82, 2.24) is 15.1 Å². The summed E-state index contributed by atoms with van der Waals surface area (Å²) in [6.45, 7) is 1.85. The van der Waals surface area contributed by atoms with Crippen LogP contribution in [0.2, 0.25) is 0 Å². The van der Waals surface area contributed by atoms with Crippen molar-refractivity contribution in [2.45, 2.75) is 25.6 Å². The molecule has 182 valence electrons. The van der Waals surface area contributed by atoms with Gasteiger partial charge in [-0.25, -0.2) is 4.39 Å². The highest BCUT2D eigenvalue weighted by atomic mass is 19.1. The maximum atomic E-state index is 15.0. The van der Waals surface area contributed by atoms with Gasteiger partial charge in [-0.05, 0) is 31.2 Å². The van der Waals surface area contributed by atoms with E-state index in [1.54, 1.807) is 38.3 Å². The smallest absolute Gasteiger partial charge is 0.277 e. The van der Waals surface area contributed by atoms with Crippen LogP contribution in [0.1, 0.15) is 23.0 Å². The molecule has 8 heteroatoms. The fourth-order valence-electron chi connectivity index (χ4n) is 4.56. The van der Waals surface area contributed by atoms with E-state index in [2.05, 4.69) is 10.4 Å². The highest BCUT2D eigenvalue weighted by Gasteiger charge is 2.49. The van der Waals surface area contributed by atoms with Crippen molar-refractivity contribution in [3.05, 3.63) is 102 Å². The molecule has 1 unspecified atom stereocenters. The van der Waals surface area contributed by atoms with Gasteiger partial charge < -0.3 is 10.1 Å². The number of methoxy groups -OCH3 is 1. The number of rotatable bonds is 6. The van der Waals surface area contributed by atoms with Crippen molar-refractivity contribution in [3.63, 3.8) is 0 Å². The van der Waals surface area contributed by atoms with Crippen LogP contribution in [0.25, 0.3) is 11.3 Å². The third kappa shape index (κ3) is 4.00. The topological polar surface area (TPSA) is 76.5 Å². The quantitative estimate of drug-likeness (QED) is 0.439. The third-order valence-corrected chi connectivity index (χ3v) is 6.44. The van der Waals surface area contributed by atoms with Crippen LogP contribution in [0.4, 0.5) is 10.1 Å². The lowest BCUT2D eigenvalue weighted by molar-refractivity contribution is -0.126. The zero-order valence-electron chi connectivity index (χ0n) is 19.9. The second-order valence-electron chi connectivity index (χ2n) is 8.80. The van der Waals surface area contributed by atoms with Crippen LogP contribution in [-0.4, -0.2) is 34.2 Å². The van der Waals surface area contributed by atoms with Crippen LogP contribution in [0, 0.1) is 5.82 Å². The van der Waals surface area contributed by atoms with E-state index in [1.165, 1.54) is 21.7 Å². The summed E-state index contributed by atoms with van der Waals surface area (Å²) in [5, 5.41) is 7.54. The third-order valence-electron chi connectivity index (χ3n) is 6.44. The molecule has 1 aromatic heterocycles. The minimum Gasteiger partial charge on any atom is -0.496 e. The Morgan fingerprint density at radius 3 is 2.50 bits per heavy atom. The fourth-order valence-corrected chi connectivity index (χ4v) is 4.56. The lowest BCUT2D eigenvalue weighted by Crippen LogP contribution is -2.64. The van der Waals surface area contributed by atoms with Gasteiger partial charge in [0.2, 0.25) is 5.91 Å². The molecule has 1 N–H and O–H groups in total. The molecule has 0 radical (unpaired) electrons. The molecule has 5 rings (SSSR count). The number of hydrogen-bond acceptors (Lipinski definition) is 4. The summed E-state index contributed by atoms with van der Waals surface area (Å²) < 4.78 is 21.9. The summed E-state index contributed by atoms with van der Waals surface area (Å²) in [5.74, 6) is -0.898. The van der Waals surface area contributed by atoms with Gasteiger partial charge in [-0.3, -0.25) is 19.2 Å². The van der Waals surface area contributed by atoms with Gasteiger partial charge in [0.05, 0.1) is 25.0 Å². The summed E-state index contributed by atoms with van der Waals surface area (Å²) in [7, 11) is 1.56. The number of fused-ring (bicyclic) bond motifs is 1. The fraction of sp³-hybridized carbons (Fsp3) is 0.179. The number of hydrogen-bond donors (Lipinski definition) is 1. The van der Waals surface area contributed by atoms with Gasteiger partial charge >= 0.3 is 0 Å². The molecule has 1 aliphatic rings. The summed E-state index contributed by atoms with van der Waals surface area (Å²) in [6, 6.07) is 24.4. The average molecular weight is 485 g/mol. The lowest BCUT2D eigenvalue weighted by atomic mass is 9.93. The van der Waals surface area contributed by atoms with Crippen LogP contribution in [-0.2, 0) is 17.9 Å². The molecule has 1 atom stereocenters. The van der Waals surface area contributed by atoms with Crippen molar-refractivity contribution in [2.75, 3.05) is 12.0 Å². The molecule has 0 saturated carbocycles. The van der Waals surface area contributed by atoms with E-state index in [0.29, 0.717) is 11.4 Å². The Morgan fingerprint density at radius 1 is 1.06 bits per heavy atom. The van der Waals surface area contributed by atoms with Crippen LogP contribution in [0.5, 0.6) is 5.75 Å². The Morgan fingerprint density at radius 2 is 1.75 bits per heavy atom. The number of halogens is 1. The van der Waals surface area contributed by atoms with E-state index in [1.807, 2.05) is 48.5 Å². The van der Waals surface area contributed by atoms with Gasteiger partial charge in [0.25, 0.3) is 5.91 Å². The summed E-state index contributed by atoms with van der Waals surface area (Å²) in [5.41, 5.74) is 1.09. The molecule has 0 spiro atoms. The molecular formula is C28H25FN4O3. The molecule has 4 aromatic rings. The van der Waals surface area contributed by atoms with Crippen LogP contribution < -0.4 is 15.0 Å². The minimum absolute atomic E-state index is 0.0335. The molecule has 7 nitrogen and oxygen atoms in total. The number of nitrogens with one attached hydrogen (secondary N) is 1. The maximum absolute atomic E-state index is 15.0. The van der Waals surface area contributed by atoms with Gasteiger partial charge in [-0.1, -0.05) is 60.7 Å². The largest absolute Gasteiger partial charge is 0.496 e. The van der Waals surface area contributed by atoms with E-state index < -0.39 is 23.2 Å². The standard InChI is InChI=1S/C28H25FN4O3/c1-28(27(35)30-17-20-12-6-9-15-25(20)36-2)18-32-24(16-22(31-32)19-10-4-3-5-11-19)26(34)33(28)23-14-8-7-13-21(23)29/h3-16H,17-18H2,1-2H3,(H,30,35). The van der Waals surface area contributed by atoms with Crippen LogP contribution in [0.3, 0.4) is 0 Å². The summed E-state index contributed by atoms with van der Waals surface area (Å²) in [6.07, 6.45) is 0. The number of ether oxygens (including phenoxy) is 1. The van der Waals surface area contributed by atoms with Crippen molar-refractivity contribution < 1.29 is 18.7 Å². The minimum atomic E-state index is -1.45. The van der Waals surface area contributed by atoms with Gasteiger partial charge in [0, 0.05) is 17.7 Å². The molecule has 0 saturated heterocycles. The summed E-state index contributed by atoms with van der Waals surface area (Å²) >= 11 is 0. The number of para-hydroxylation sites is 2. The molecule has 0 fully saturated rings. The first-order chi connectivity index (χ1) is 17.4.